The van der Waals surface area contributed by atoms with Gasteiger partial charge in [-0.3, -0.25) is 4.79 Å². The lowest BCUT2D eigenvalue weighted by Crippen LogP contribution is -2.22. The lowest BCUT2D eigenvalue weighted by molar-refractivity contribution is 0.0956. The molecule has 0 saturated heterocycles. The maximum Gasteiger partial charge on any atom is 0.251 e. The lowest BCUT2D eigenvalue weighted by atomic mass is 10.1. The second-order valence-corrected chi connectivity index (χ2v) is 5.25. The highest BCUT2D eigenvalue weighted by Crippen LogP contribution is 2.33. The highest BCUT2D eigenvalue weighted by Gasteiger charge is 2.08. The summed E-state index contributed by atoms with van der Waals surface area (Å²) in [5, 5.41) is 5.22. The highest BCUT2D eigenvalue weighted by molar-refractivity contribution is 7.25. The molecule has 0 spiro atoms. The first-order chi connectivity index (χ1) is 8.79. The van der Waals surface area contributed by atoms with E-state index in [2.05, 4.69) is 17.4 Å². The van der Waals surface area contributed by atoms with Crippen molar-refractivity contribution in [2.75, 3.05) is 6.54 Å². The minimum absolute atomic E-state index is 0.00492. The predicted octanol–water partition coefficient (Wildman–Crippen LogP) is 3.80. The standard InChI is InChI=1S/C15H13NOS/c1-2-16-15(17)10-7-8-14-12(9-10)11-5-3-4-6-13(11)18-14/h3-9H,2H2,1H3,(H,16,17). The Labute approximate surface area is 109 Å². The van der Waals surface area contributed by atoms with Crippen molar-refractivity contribution in [2.24, 2.45) is 0 Å². The Bertz CT molecular complexity index is 730. The zero-order chi connectivity index (χ0) is 12.5. The Kier molecular flexibility index (Phi) is 2.76. The van der Waals surface area contributed by atoms with Crippen LogP contribution in [0.5, 0.6) is 0 Å². The number of carbonyl (C=O) groups excluding carboxylic acids is 1. The van der Waals surface area contributed by atoms with Crippen LogP contribution in [0.25, 0.3) is 20.2 Å². The lowest BCUT2D eigenvalue weighted by Gasteiger charge is -2.02. The van der Waals surface area contributed by atoms with Crippen LogP contribution in [0.1, 0.15) is 17.3 Å². The van der Waals surface area contributed by atoms with Gasteiger partial charge < -0.3 is 5.32 Å². The van der Waals surface area contributed by atoms with Crippen molar-refractivity contribution < 1.29 is 4.79 Å². The molecule has 0 saturated carbocycles. The quantitative estimate of drug-likeness (QED) is 0.741. The van der Waals surface area contributed by atoms with Gasteiger partial charge in [0.15, 0.2) is 0 Å². The Hall–Kier alpha value is -1.87. The van der Waals surface area contributed by atoms with Crippen LogP contribution >= 0.6 is 11.3 Å². The van der Waals surface area contributed by atoms with Gasteiger partial charge in [0.05, 0.1) is 0 Å². The smallest absolute Gasteiger partial charge is 0.251 e. The summed E-state index contributed by atoms with van der Waals surface area (Å²) in [6.45, 7) is 2.58. The Morgan fingerprint density at radius 1 is 1.11 bits per heavy atom. The van der Waals surface area contributed by atoms with E-state index >= 15 is 0 Å². The molecule has 18 heavy (non-hydrogen) atoms. The molecule has 1 amide bonds. The molecule has 1 heterocycles. The van der Waals surface area contributed by atoms with Gasteiger partial charge in [-0.1, -0.05) is 18.2 Å². The van der Waals surface area contributed by atoms with E-state index in [9.17, 15) is 4.79 Å². The number of fused-ring (bicyclic) bond motifs is 3. The van der Waals surface area contributed by atoms with E-state index in [1.807, 2.05) is 37.3 Å². The molecule has 0 bridgehead atoms. The molecular formula is C15H13NOS. The van der Waals surface area contributed by atoms with Crippen LogP contribution in [0.15, 0.2) is 42.5 Å². The average Bonchev–Trinajstić information content (AvgIpc) is 2.76. The second kappa shape index (κ2) is 4.42. The van der Waals surface area contributed by atoms with E-state index in [1.54, 1.807) is 11.3 Å². The van der Waals surface area contributed by atoms with E-state index in [4.69, 9.17) is 0 Å². The molecule has 2 aromatic carbocycles. The molecule has 2 nitrogen and oxygen atoms in total. The molecule has 0 aliphatic heterocycles. The van der Waals surface area contributed by atoms with Crippen molar-refractivity contribution in [1.29, 1.82) is 0 Å². The van der Waals surface area contributed by atoms with Gasteiger partial charge in [-0.25, -0.2) is 0 Å². The molecule has 0 aliphatic carbocycles. The Balaban J connectivity index is 2.21. The van der Waals surface area contributed by atoms with E-state index in [-0.39, 0.29) is 5.91 Å². The third-order valence-electron chi connectivity index (χ3n) is 2.98. The van der Waals surface area contributed by atoms with Crippen molar-refractivity contribution in [3.63, 3.8) is 0 Å². The number of nitrogens with one attached hydrogen (secondary N) is 1. The number of hydrogen-bond donors (Lipinski definition) is 1. The van der Waals surface area contributed by atoms with Crippen molar-refractivity contribution >= 4 is 37.4 Å². The molecule has 0 radical (unpaired) electrons. The van der Waals surface area contributed by atoms with Crippen LogP contribution in [0, 0.1) is 0 Å². The van der Waals surface area contributed by atoms with Gasteiger partial charge >= 0.3 is 0 Å². The molecule has 90 valence electrons. The summed E-state index contributed by atoms with van der Waals surface area (Å²) in [5.74, 6) is -0.00492. The molecule has 0 unspecified atom stereocenters. The predicted molar refractivity (Wildman–Crippen MR) is 77.3 cm³/mol. The molecule has 1 aromatic heterocycles. The molecule has 0 atom stereocenters. The highest BCUT2D eigenvalue weighted by atomic mass is 32.1. The van der Waals surface area contributed by atoms with Crippen molar-refractivity contribution in [1.82, 2.24) is 5.32 Å². The minimum atomic E-state index is -0.00492. The van der Waals surface area contributed by atoms with Gasteiger partial charge in [0.2, 0.25) is 0 Å². The van der Waals surface area contributed by atoms with Crippen molar-refractivity contribution in [2.45, 2.75) is 6.92 Å². The number of carbonyl (C=O) groups is 1. The summed E-state index contributed by atoms with van der Waals surface area (Å²) >= 11 is 1.76. The van der Waals surface area contributed by atoms with Gasteiger partial charge in [0, 0.05) is 32.3 Å². The number of thiophene rings is 1. The first-order valence-electron chi connectivity index (χ1n) is 5.99. The number of amides is 1. The largest absolute Gasteiger partial charge is 0.352 e. The van der Waals surface area contributed by atoms with Gasteiger partial charge in [-0.05, 0) is 31.2 Å². The van der Waals surface area contributed by atoms with Crippen molar-refractivity contribution in [3.05, 3.63) is 48.0 Å². The minimum Gasteiger partial charge on any atom is -0.352 e. The fourth-order valence-electron chi connectivity index (χ4n) is 2.13. The summed E-state index contributed by atoms with van der Waals surface area (Å²) in [7, 11) is 0. The first-order valence-corrected chi connectivity index (χ1v) is 6.80. The van der Waals surface area contributed by atoms with E-state index in [1.165, 1.54) is 20.2 Å². The maximum absolute atomic E-state index is 11.8. The molecular weight excluding hydrogens is 242 g/mol. The van der Waals surface area contributed by atoms with Crippen LogP contribution in [0.2, 0.25) is 0 Å². The maximum atomic E-state index is 11.8. The van der Waals surface area contributed by atoms with Crippen LogP contribution in [-0.2, 0) is 0 Å². The van der Waals surface area contributed by atoms with E-state index in [0.29, 0.717) is 6.54 Å². The summed E-state index contributed by atoms with van der Waals surface area (Å²) in [6, 6.07) is 14.2. The summed E-state index contributed by atoms with van der Waals surface area (Å²) < 4.78 is 2.49. The monoisotopic (exact) mass is 255 g/mol. The average molecular weight is 255 g/mol. The van der Waals surface area contributed by atoms with Crippen LogP contribution in [0.4, 0.5) is 0 Å². The fourth-order valence-corrected chi connectivity index (χ4v) is 3.22. The molecule has 3 heteroatoms. The Morgan fingerprint density at radius 2 is 1.89 bits per heavy atom. The summed E-state index contributed by atoms with van der Waals surface area (Å²) in [4.78, 5) is 11.8. The first kappa shape index (κ1) is 11.2. The van der Waals surface area contributed by atoms with Gasteiger partial charge in [0.1, 0.15) is 0 Å². The number of benzene rings is 2. The fraction of sp³-hybridized carbons (Fsp3) is 0.133. The topological polar surface area (TPSA) is 29.1 Å². The number of rotatable bonds is 2. The normalized spacial score (nSPS) is 10.9. The van der Waals surface area contributed by atoms with Crippen LogP contribution in [0.3, 0.4) is 0 Å². The zero-order valence-corrected chi connectivity index (χ0v) is 10.9. The zero-order valence-electron chi connectivity index (χ0n) is 10.1. The van der Waals surface area contributed by atoms with Gasteiger partial charge in [-0.15, -0.1) is 11.3 Å². The third kappa shape index (κ3) is 1.77. The molecule has 1 N–H and O–H groups in total. The van der Waals surface area contributed by atoms with E-state index < -0.39 is 0 Å². The third-order valence-corrected chi connectivity index (χ3v) is 4.13. The molecule has 0 aliphatic rings. The molecule has 0 fully saturated rings. The van der Waals surface area contributed by atoms with Gasteiger partial charge in [0.25, 0.3) is 5.91 Å². The van der Waals surface area contributed by atoms with Gasteiger partial charge in [-0.2, -0.15) is 0 Å². The second-order valence-electron chi connectivity index (χ2n) is 4.17. The summed E-state index contributed by atoms with van der Waals surface area (Å²) in [6.07, 6.45) is 0. The van der Waals surface area contributed by atoms with E-state index in [0.717, 1.165) is 5.56 Å². The number of hydrogen-bond acceptors (Lipinski definition) is 2. The molecule has 3 rings (SSSR count). The van der Waals surface area contributed by atoms with Crippen LogP contribution < -0.4 is 5.32 Å². The molecule has 3 aromatic rings. The summed E-state index contributed by atoms with van der Waals surface area (Å²) in [5.41, 5.74) is 0.730. The van der Waals surface area contributed by atoms with Crippen LogP contribution in [-0.4, -0.2) is 12.5 Å². The Morgan fingerprint density at radius 3 is 2.72 bits per heavy atom. The van der Waals surface area contributed by atoms with Crippen molar-refractivity contribution in [3.8, 4) is 0 Å². The SMILES string of the molecule is CCNC(=O)c1ccc2sc3ccccc3c2c1.